The zero-order valence-electron chi connectivity index (χ0n) is 11.2. The van der Waals surface area contributed by atoms with Crippen LogP contribution in [0.5, 0.6) is 0 Å². The van der Waals surface area contributed by atoms with E-state index < -0.39 is 11.7 Å². The number of hydrogen-bond donors (Lipinski definition) is 1. The van der Waals surface area contributed by atoms with Crippen LogP contribution in [0.3, 0.4) is 0 Å². The first-order valence-electron chi connectivity index (χ1n) is 6.49. The maximum atomic E-state index is 12.5. The van der Waals surface area contributed by atoms with Crippen molar-refractivity contribution in [2.75, 3.05) is 13.1 Å². The van der Waals surface area contributed by atoms with E-state index in [9.17, 15) is 13.2 Å². The number of alkyl halides is 3. The summed E-state index contributed by atoms with van der Waals surface area (Å²) in [5.41, 5.74) is 1.02. The van der Waals surface area contributed by atoms with Crippen LogP contribution >= 0.6 is 0 Å². The van der Waals surface area contributed by atoms with E-state index in [0.717, 1.165) is 36.5 Å². The van der Waals surface area contributed by atoms with Gasteiger partial charge in [0.25, 0.3) is 0 Å². The van der Waals surface area contributed by atoms with Gasteiger partial charge in [0.05, 0.1) is 11.3 Å². The van der Waals surface area contributed by atoms with Crippen LogP contribution in [0.1, 0.15) is 24.5 Å². The van der Waals surface area contributed by atoms with Crippen molar-refractivity contribution in [2.24, 2.45) is 11.1 Å². The van der Waals surface area contributed by atoms with E-state index in [2.05, 4.69) is 10.1 Å². The van der Waals surface area contributed by atoms with Crippen LogP contribution in [-0.2, 0) is 12.7 Å². The van der Waals surface area contributed by atoms with E-state index in [-0.39, 0.29) is 5.92 Å². The van der Waals surface area contributed by atoms with E-state index >= 15 is 0 Å². The molecule has 0 aromatic heterocycles. The Morgan fingerprint density at radius 3 is 2.45 bits per heavy atom. The zero-order chi connectivity index (χ0) is 14.8. The van der Waals surface area contributed by atoms with Gasteiger partial charge in [0, 0.05) is 32.0 Å². The van der Waals surface area contributed by atoms with Gasteiger partial charge >= 0.3 is 6.18 Å². The standard InChI is InChI=1S/C14H17F3N2O/c1-10-8-19(7-6-13(10)18-20)9-11-2-4-12(5-3-11)14(15,16)17/h2-5,10,20H,6-9H2,1H3/b18-13+. The summed E-state index contributed by atoms with van der Waals surface area (Å²) in [6.07, 6.45) is -3.59. The Kier molecular flexibility index (Phi) is 4.32. The van der Waals surface area contributed by atoms with Gasteiger partial charge in [0.1, 0.15) is 0 Å². The average molecular weight is 286 g/mol. The summed E-state index contributed by atoms with van der Waals surface area (Å²) >= 11 is 0. The molecule has 20 heavy (non-hydrogen) atoms. The monoisotopic (exact) mass is 286 g/mol. The van der Waals surface area contributed by atoms with Crippen molar-refractivity contribution < 1.29 is 18.4 Å². The van der Waals surface area contributed by atoms with Gasteiger partial charge in [-0.2, -0.15) is 13.2 Å². The predicted molar refractivity (Wildman–Crippen MR) is 69.7 cm³/mol. The molecule has 0 bridgehead atoms. The number of oxime groups is 1. The number of piperidine rings is 1. The lowest BCUT2D eigenvalue weighted by molar-refractivity contribution is -0.137. The smallest absolute Gasteiger partial charge is 0.411 e. The third-order valence-electron chi connectivity index (χ3n) is 3.60. The molecule has 1 aliphatic heterocycles. The van der Waals surface area contributed by atoms with Gasteiger partial charge in [0.15, 0.2) is 0 Å². The summed E-state index contributed by atoms with van der Waals surface area (Å²) in [7, 11) is 0. The topological polar surface area (TPSA) is 35.8 Å². The van der Waals surface area contributed by atoms with Crippen molar-refractivity contribution in [2.45, 2.75) is 26.1 Å². The highest BCUT2D eigenvalue weighted by Crippen LogP contribution is 2.29. The van der Waals surface area contributed by atoms with Crippen molar-refractivity contribution in [3.63, 3.8) is 0 Å². The molecule has 1 unspecified atom stereocenters. The minimum Gasteiger partial charge on any atom is -0.411 e. The SMILES string of the molecule is CC1CN(Cc2ccc(C(F)(F)F)cc2)CC/C1=N\O. The lowest BCUT2D eigenvalue weighted by Gasteiger charge is -2.31. The van der Waals surface area contributed by atoms with Crippen LogP contribution in [0.15, 0.2) is 29.4 Å². The van der Waals surface area contributed by atoms with Gasteiger partial charge in [-0.3, -0.25) is 4.90 Å². The summed E-state index contributed by atoms with van der Waals surface area (Å²) in [6, 6.07) is 5.26. The van der Waals surface area contributed by atoms with E-state index in [4.69, 9.17) is 5.21 Å². The second-order valence-electron chi connectivity index (χ2n) is 5.17. The summed E-state index contributed by atoms with van der Waals surface area (Å²) in [5, 5.41) is 12.1. The molecule has 1 atom stereocenters. The molecule has 1 heterocycles. The van der Waals surface area contributed by atoms with Crippen LogP contribution in [0.4, 0.5) is 13.2 Å². The Labute approximate surface area is 115 Å². The number of benzene rings is 1. The number of halogens is 3. The van der Waals surface area contributed by atoms with E-state index in [1.54, 1.807) is 0 Å². The van der Waals surface area contributed by atoms with E-state index in [0.29, 0.717) is 13.0 Å². The Morgan fingerprint density at radius 1 is 1.30 bits per heavy atom. The van der Waals surface area contributed by atoms with Crippen molar-refractivity contribution >= 4 is 5.71 Å². The van der Waals surface area contributed by atoms with Gasteiger partial charge in [-0.15, -0.1) is 0 Å². The van der Waals surface area contributed by atoms with E-state index in [1.807, 2.05) is 6.92 Å². The minimum atomic E-state index is -4.29. The first-order chi connectivity index (χ1) is 9.40. The molecule has 2 rings (SSSR count). The van der Waals surface area contributed by atoms with Crippen LogP contribution in [0.25, 0.3) is 0 Å². The first kappa shape index (κ1) is 14.8. The van der Waals surface area contributed by atoms with Gasteiger partial charge in [-0.05, 0) is 17.7 Å². The van der Waals surface area contributed by atoms with E-state index in [1.165, 1.54) is 12.1 Å². The molecule has 1 N–H and O–H groups in total. The molecular formula is C14H17F3N2O. The fourth-order valence-corrected chi connectivity index (χ4v) is 2.45. The molecule has 0 spiro atoms. The Morgan fingerprint density at radius 2 is 1.95 bits per heavy atom. The Balaban J connectivity index is 1.98. The molecule has 0 amide bonds. The summed E-state index contributed by atoms with van der Waals surface area (Å²) in [4.78, 5) is 2.15. The van der Waals surface area contributed by atoms with Crippen molar-refractivity contribution in [3.05, 3.63) is 35.4 Å². The number of rotatable bonds is 2. The fraction of sp³-hybridized carbons (Fsp3) is 0.500. The highest BCUT2D eigenvalue weighted by molar-refractivity contribution is 5.86. The van der Waals surface area contributed by atoms with Crippen molar-refractivity contribution in [1.82, 2.24) is 4.90 Å². The molecule has 0 aliphatic carbocycles. The predicted octanol–water partition coefficient (Wildman–Crippen LogP) is 3.38. The summed E-state index contributed by atoms with van der Waals surface area (Å²) < 4.78 is 37.4. The van der Waals surface area contributed by atoms with Crippen LogP contribution in [0.2, 0.25) is 0 Å². The normalized spacial score (nSPS) is 23.2. The molecule has 1 aromatic carbocycles. The Hall–Kier alpha value is -1.56. The second kappa shape index (κ2) is 5.83. The van der Waals surface area contributed by atoms with Crippen molar-refractivity contribution in [3.8, 4) is 0 Å². The third-order valence-corrected chi connectivity index (χ3v) is 3.60. The highest BCUT2D eigenvalue weighted by Gasteiger charge is 2.30. The lowest BCUT2D eigenvalue weighted by atomic mass is 9.97. The molecule has 1 saturated heterocycles. The molecule has 3 nitrogen and oxygen atoms in total. The van der Waals surface area contributed by atoms with Gasteiger partial charge in [0.2, 0.25) is 0 Å². The molecule has 6 heteroatoms. The van der Waals surface area contributed by atoms with Crippen LogP contribution in [0, 0.1) is 5.92 Å². The van der Waals surface area contributed by atoms with Crippen LogP contribution in [-0.4, -0.2) is 28.9 Å². The quantitative estimate of drug-likeness (QED) is 0.668. The molecule has 0 saturated carbocycles. The fourth-order valence-electron chi connectivity index (χ4n) is 2.45. The van der Waals surface area contributed by atoms with Gasteiger partial charge < -0.3 is 5.21 Å². The number of likely N-dealkylation sites (tertiary alicyclic amines) is 1. The number of hydrogen-bond acceptors (Lipinski definition) is 3. The molecule has 1 fully saturated rings. The summed E-state index contributed by atoms with van der Waals surface area (Å²) in [6.45, 7) is 4.10. The maximum Gasteiger partial charge on any atom is 0.416 e. The highest BCUT2D eigenvalue weighted by atomic mass is 19.4. The molecule has 1 aromatic rings. The largest absolute Gasteiger partial charge is 0.416 e. The Bertz CT molecular complexity index is 482. The summed E-state index contributed by atoms with van der Waals surface area (Å²) in [5.74, 6) is 0.170. The first-order valence-corrected chi connectivity index (χ1v) is 6.49. The number of nitrogens with zero attached hydrogens (tertiary/aromatic N) is 2. The van der Waals surface area contributed by atoms with Gasteiger partial charge in [-0.1, -0.05) is 24.2 Å². The molecule has 110 valence electrons. The molecule has 0 radical (unpaired) electrons. The zero-order valence-corrected chi connectivity index (χ0v) is 11.2. The lowest BCUT2D eigenvalue weighted by Crippen LogP contribution is -2.39. The molecular weight excluding hydrogens is 269 g/mol. The van der Waals surface area contributed by atoms with Crippen molar-refractivity contribution in [1.29, 1.82) is 0 Å². The minimum absolute atomic E-state index is 0.170. The second-order valence-corrected chi connectivity index (χ2v) is 5.17. The molecule has 1 aliphatic rings. The average Bonchev–Trinajstić information content (AvgIpc) is 2.38. The van der Waals surface area contributed by atoms with Gasteiger partial charge in [-0.25, -0.2) is 0 Å². The van der Waals surface area contributed by atoms with Crippen LogP contribution < -0.4 is 0 Å². The maximum absolute atomic E-state index is 12.5. The third kappa shape index (κ3) is 3.50.